The zero-order chi connectivity index (χ0) is 17.4. The molecule has 128 valence electrons. The Morgan fingerprint density at radius 3 is 2.67 bits per heavy atom. The highest BCUT2D eigenvalue weighted by atomic mass is 19.1. The molecule has 2 rings (SSSR count). The molecule has 2 aromatic rings. The van der Waals surface area contributed by atoms with Crippen LogP contribution in [0.2, 0.25) is 0 Å². The Morgan fingerprint density at radius 2 is 2.00 bits per heavy atom. The van der Waals surface area contributed by atoms with Gasteiger partial charge in [-0.25, -0.2) is 4.39 Å². The fraction of sp³-hybridized carbons (Fsp3) is 0.294. The van der Waals surface area contributed by atoms with Crippen LogP contribution < -0.4 is 16.0 Å². The third-order valence-electron chi connectivity index (χ3n) is 3.35. The molecule has 0 radical (unpaired) electrons. The highest BCUT2D eigenvalue weighted by Gasteiger charge is 2.07. The van der Waals surface area contributed by atoms with E-state index in [2.05, 4.69) is 20.9 Å². The fourth-order valence-electron chi connectivity index (χ4n) is 2.07. The van der Waals surface area contributed by atoms with Gasteiger partial charge in [-0.1, -0.05) is 12.1 Å². The Kier molecular flexibility index (Phi) is 6.36. The average molecular weight is 332 g/mol. The zero-order valence-electron chi connectivity index (χ0n) is 13.7. The lowest BCUT2D eigenvalue weighted by Gasteiger charge is -2.12. The van der Waals surface area contributed by atoms with Crippen LogP contribution in [0.4, 0.5) is 4.39 Å². The first-order valence-corrected chi connectivity index (χ1v) is 7.61. The highest BCUT2D eigenvalue weighted by molar-refractivity contribution is 5.91. The van der Waals surface area contributed by atoms with Crippen LogP contribution in [0.15, 0.2) is 46.0 Å². The summed E-state index contributed by atoms with van der Waals surface area (Å²) in [7, 11) is 1.66. The van der Waals surface area contributed by atoms with E-state index in [1.807, 2.05) is 0 Å². The molecule has 0 spiro atoms. The van der Waals surface area contributed by atoms with Crippen molar-refractivity contribution in [1.29, 1.82) is 0 Å². The molecule has 0 unspecified atom stereocenters. The van der Waals surface area contributed by atoms with Crippen LogP contribution in [0, 0.1) is 12.7 Å². The number of nitrogens with zero attached hydrogens (tertiary/aromatic N) is 1. The van der Waals surface area contributed by atoms with E-state index in [0.717, 1.165) is 5.56 Å². The summed E-state index contributed by atoms with van der Waals surface area (Å²) in [5.74, 6) is 0.411. The van der Waals surface area contributed by atoms with Crippen molar-refractivity contribution in [1.82, 2.24) is 16.0 Å². The smallest absolute Gasteiger partial charge is 0.287 e. The van der Waals surface area contributed by atoms with Crippen LogP contribution in [0.3, 0.4) is 0 Å². The molecule has 0 atom stereocenters. The predicted octanol–water partition coefficient (Wildman–Crippen LogP) is 1.82. The second kappa shape index (κ2) is 8.71. The summed E-state index contributed by atoms with van der Waals surface area (Å²) in [5.41, 5.74) is 1.57. The van der Waals surface area contributed by atoms with Gasteiger partial charge in [-0.3, -0.25) is 9.79 Å². The first kappa shape index (κ1) is 17.5. The molecular formula is C17H21FN4O2. The molecule has 0 saturated heterocycles. The van der Waals surface area contributed by atoms with E-state index in [4.69, 9.17) is 4.42 Å². The van der Waals surface area contributed by atoms with Gasteiger partial charge in [0.05, 0.1) is 6.26 Å². The summed E-state index contributed by atoms with van der Waals surface area (Å²) >= 11 is 0. The molecule has 0 aliphatic rings. The van der Waals surface area contributed by atoms with Gasteiger partial charge in [-0.2, -0.15) is 0 Å². The maximum atomic E-state index is 13.2. The molecule has 3 N–H and O–H groups in total. The Bertz CT molecular complexity index is 699. The summed E-state index contributed by atoms with van der Waals surface area (Å²) in [6.45, 7) is 3.19. The number of nitrogens with one attached hydrogen (secondary N) is 3. The van der Waals surface area contributed by atoms with Gasteiger partial charge >= 0.3 is 0 Å². The number of furan rings is 1. The number of carbonyl (C=O) groups excluding carboxylic acids is 1. The number of hydrogen-bond donors (Lipinski definition) is 3. The summed E-state index contributed by atoms with van der Waals surface area (Å²) in [6, 6.07) is 8.24. The van der Waals surface area contributed by atoms with Gasteiger partial charge in [0, 0.05) is 26.7 Å². The lowest BCUT2D eigenvalue weighted by atomic mass is 10.1. The number of carbonyl (C=O) groups is 1. The molecule has 7 heteroatoms. The van der Waals surface area contributed by atoms with Crippen LogP contribution in [-0.4, -0.2) is 32.0 Å². The second-order valence-corrected chi connectivity index (χ2v) is 5.17. The maximum absolute atomic E-state index is 13.2. The minimum absolute atomic E-state index is 0.214. The molecule has 0 saturated carbocycles. The zero-order valence-corrected chi connectivity index (χ0v) is 13.7. The van der Waals surface area contributed by atoms with E-state index in [1.165, 1.54) is 12.3 Å². The monoisotopic (exact) mass is 332 g/mol. The van der Waals surface area contributed by atoms with Crippen molar-refractivity contribution >= 4 is 11.9 Å². The number of rotatable bonds is 6. The standard InChI is InChI=1S/C17H21FN4O2/c1-12-10-13(5-6-14(12)18)11-22-17(19-2)21-8-7-20-16(23)15-4-3-9-24-15/h3-6,9-10H,7-8,11H2,1-2H3,(H,20,23)(H2,19,21,22). The number of aryl methyl sites for hydroxylation is 1. The molecule has 0 aliphatic carbocycles. The Labute approximate surface area is 140 Å². The maximum Gasteiger partial charge on any atom is 0.287 e. The van der Waals surface area contributed by atoms with E-state index in [1.54, 1.807) is 38.2 Å². The van der Waals surface area contributed by atoms with Crippen molar-refractivity contribution < 1.29 is 13.6 Å². The number of hydrogen-bond acceptors (Lipinski definition) is 3. The average Bonchev–Trinajstić information content (AvgIpc) is 3.11. The normalized spacial score (nSPS) is 11.2. The van der Waals surface area contributed by atoms with Crippen molar-refractivity contribution in [3.8, 4) is 0 Å². The van der Waals surface area contributed by atoms with Crippen molar-refractivity contribution in [2.24, 2.45) is 4.99 Å². The van der Waals surface area contributed by atoms with Crippen LogP contribution in [0.1, 0.15) is 21.7 Å². The molecule has 0 bridgehead atoms. The lowest BCUT2D eigenvalue weighted by Crippen LogP contribution is -2.41. The summed E-state index contributed by atoms with van der Waals surface area (Å²) in [5, 5.41) is 8.95. The van der Waals surface area contributed by atoms with Crippen LogP contribution in [0.5, 0.6) is 0 Å². The number of halogens is 1. The van der Waals surface area contributed by atoms with Crippen molar-refractivity contribution in [3.05, 3.63) is 59.3 Å². The van der Waals surface area contributed by atoms with Gasteiger partial charge in [-0.05, 0) is 36.2 Å². The molecule has 0 aliphatic heterocycles. The lowest BCUT2D eigenvalue weighted by molar-refractivity contribution is 0.0926. The van der Waals surface area contributed by atoms with E-state index >= 15 is 0 Å². The van der Waals surface area contributed by atoms with E-state index in [9.17, 15) is 9.18 Å². The Balaban J connectivity index is 1.70. The van der Waals surface area contributed by atoms with Gasteiger partial charge < -0.3 is 20.4 Å². The molecule has 1 aromatic heterocycles. The van der Waals surface area contributed by atoms with E-state index < -0.39 is 0 Å². The minimum atomic E-state index is -0.258. The first-order chi connectivity index (χ1) is 11.6. The summed E-state index contributed by atoms with van der Waals surface area (Å²) in [6.07, 6.45) is 1.45. The third-order valence-corrected chi connectivity index (χ3v) is 3.35. The van der Waals surface area contributed by atoms with Gasteiger partial charge in [0.1, 0.15) is 5.82 Å². The number of aliphatic imine (C=N–C) groups is 1. The molecule has 1 amide bonds. The number of benzene rings is 1. The molecule has 1 heterocycles. The van der Waals surface area contributed by atoms with Crippen LogP contribution in [0.25, 0.3) is 0 Å². The van der Waals surface area contributed by atoms with Gasteiger partial charge in [-0.15, -0.1) is 0 Å². The number of amides is 1. The van der Waals surface area contributed by atoms with Gasteiger partial charge in [0.2, 0.25) is 0 Å². The van der Waals surface area contributed by atoms with Crippen LogP contribution >= 0.6 is 0 Å². The topological polar surface area (TPSA) is 78.7 Å². The highest BCUT2D eigenvalue weighted by Crippen LogP contribution is 2.08. The number of guanidine groups is 1. The van der Waals surface area contributed by atoms with Crippen LogP contribution in [-0.2, 0) is 6.54 Å². The molecule has 6 nitrogen and oxygen atoms in total. The van der Waals surface area contributed by atoms with E-state index in [-0.39, 0.29) is 17.5 Å². The van der Waals surface area contributed by atoms with Gasteiger partial charge in [0.15, 0.2) is 11.7 Å². The SMILES string of the molecule is CN=C(NCCNC(=O)c1ccco1)NCc1ccc(F)c(C)c1. The molecule has 1 aromatic carbocycles. The largest absolute Gasteiger partial charge is 0.459 e. The van der Waals surface area contributed by atoms with Crippen molar-refractivity contribution in [3.63, 3.8) is 0 Å². The van der Waals surface area contributed by atoms with Crippen molar-refractivity contribution in [2.75, 3.05) is 20.1 Å². The Hall–Kier alpha value is -2.83. The molecule has 0 fully saturated rings. The van der Waals surface area contributed by atoms with E-state index in [0.29, 0.717) is 31.2 Å². The molecular weight excluding hydrogens is 311 g/mol. The summed E-state index contributed by atoms with van der Waals surface area (Å²) in [4.78, 5) is 15.8. The quantitative estimate of drug-likeness (QED) is 0.428. The minimum Gasteiger partial charge on any atom is -0.459 e. The fourth-order valence-corrected chi connectivity index (χ4v) is 2.07. The van der Waals surface area contributed by atoms with Gasteiger partial charge in [0.25, 0.3) is 5.91 Å². The molecule has 24 heavy (non-hydrogen) atoms. The second-order valence-electron chi connectivity index (χ2n) is 5.17. The predicted molar refractivity (Wildman–Crippen MR) is 90.4 cm³/mol. The first-order valence-electron chi connectivity index (χ1n) is 7.61. The third kappa shape index (κ3) is 5.12. The summed E-state index contributed by atoms with van der Waals surface area (Å²) < 4.78 is 18.2. The van der Waals surface area contributed by atoms with Crippen molar-refractivity contribution in [2.45, 2.75) is 13.5 Å². The Morgan fingerprint density at radius 1 is 1.21 bits per heavy atom.